The first-order valence-electron chi connectivity index (χ1n) is 11.7. The number of aromatic nitrogens is 1. The Morgan fingerprint density at radius 1 is 0.684 bits per heavy atom. The third-order valence-corrected chi connectivity index (χ3v) is 10.1. The summed E-state index contributed by atoms with van der Waals surface area (Å²) in [7, 11) is -7.61. The lowest BCUT2D eigenvalue weighted by molar-refractivity contribution is 0.534. The fourth-order valence-electron chi connectivity index (χ4n) is 4.76. The molecular formula is C27H22N4O4S3. The highest BCUT2D eigenvalue weighted by Gasteiger charge is 2.37. The van der Waals surface area contributed by atoms with Gasteiger partial charge < -0.3 is 5.32 Å². The number of hydrogen-bond acceptors (Lipinski definition) is 7. The van der Waals surface area contributed by atoms with Gasteiger partial charge in [-0.1, -0.05) is 54.6 Å². The SMILES string of the molecule is O=S(=O)(Nc1nccs1)c1ccc(NC2c3cccc4cccc(c34)C2NS(=O)(=O)c2ccccc2)cc1. The third kappa shape index (κ3) is 4.54. The van der Waals surface area contributed by atoms with E-state index in [9.17, 15) is 16.8 Å². The standard InChI is InChI=1S/C27H22N4O4S3/c32-37(33,20-8-2-1-3-9-20)30-26-23-11-5-7-18-6-4-10-22(24(18)23)25(26)29-19-12-14-21(15-13-19)38(34,35)31-27-28-16-17-36-27/h1-17,25-26,29-30H,(H,28,31). The van der Waals surface area contributed by atoms with Crippen LogP contribution in [0.15, 0.2) is 112 Å². The first-order chi connectivity index (χ1) is 18.3. The molecule has 6 rings (SSSR count). The average molecular weight is 563 g/mol. The van der Waals surface area contributed by atoms with Gasteiger partial charge in [0.05, 0.1) is 21.9 Å². The summed E-state index contributed by atoms with van der Waals surface area (Å²) in [5.41, 5.74) is 2.49. The monoisotopic (exact) mass is 562 g/mol. The molecule has 192 valence electrons. The van der Waals surface area contributed by atoms with Crippen LogP contribution < -0.4 is 14.8 Å². The van der Waals surface area contributed by atoms with Crippen molar-refractivity contribution in [1.29, 1.82) is 0 Å². The molecule has 0 aliphatic heterocycles. The van der Waals surface area contributed by atoms with Gasteiger partial charge in [0, 0.05) is 17.3 Å². The predicted octanol–water partition coefficient (Wildman–Crippen LogP) is 5.28. The Labute approximate surface area is 224 Å². The van der Waals surface area contributed by atoms with Crippen LogP contribution in [0.3, 0.4) is 0 Å². The van der Waals surface area contributed by atoms with Gasteiger partial charge in [0.2, 0.25) is 10.0 Å². The highest BCUT2D eigenvalue weighted by Crippen LogP contribution is 2.46. The lowest BCUT2D eigenvalue weighted by Crippen LogP contribution is -2.33. The largest absolute Gasteiger partial charge is 0.376 e. The summed E-state index contributed by atoms with van der Waals surface area (Å²) >= 11 is 1.19. The summed E-state index contributed by atoms with van der Waals surface area (Å²) in [6, 6.07) is 25.4. The molecule has 0 radical (unpaired) electrons. The Morgan fingerprint density at radius 3 is 2.00 bits per heavy atom. The molecule has 1 aliphatic carbocycles. The highest BCUT2D eigenvalue weighted by atomic mass is 32.2. The fourth-order valence-corrected chi connectivity index (χ4v) is 7.80. The van der Waals surface area contributed by atoms with Crippen LogP contribution in [0.25, 0.3) is 10.8 Å². The molecule has 38 heavy (non-hydrogen) atoms. The van der Waals surface area contributed by atoms with Crippen molar-refractivity contribution < 1.29 is 16.8 Å². The normalized spacial score (nSPS) is 16.9. The van der Waals surface area contributed by atoms with E-state index >= 15 is 0 Å². The van der Waals surface area contributed by atoms with Crippen LogP contribution >= 0.6 is 11.3 Å². The van der Waals surface area contributed by atoms with E-state index in [0.29, 0.717) is 5.69 Å². The van der Waals surface area contributed by atoms with Crippen LogP contribution in [-0.2, 0) is 20.0 Å². The van der Waals surface area contributed by atoms with E-state index in [2.05, 4.69) is 19.7 Å². The second-order valence-corrected chi connectivity index (χ2v) is 13.1. The van der Waals surface area contributed by atoms with E-state index in [-0.39, 0.29) is 14.9 Å². The van der Waals surface area contributed by atoms with Crippen LogP contribution in [0.4, 0.5) is 10.8 Å². The van der Waals surface area contributed by atoms with Crippen molar-refractivity contribution in [3.8, 4) is 0 Å². The minimum absolute atomic E-state index is 0.0939. The summed E-state index contributed by atoms with van der Waals surface area (Å²) in [4.78, 5) is 4.25. The first-order valence-corrected chi connectivity index (χ1v) is 15.5. The van der Waals surface area contributed by atoms with E-state index in [1.54, 1.807) is 47.8 Å². The molecule has 11 heteroatoms. The minimum Gasteiger partial charge on any atom is -0.376 e. The highest BCUT2D eigenvalue weighted by molar-refractivity contribution is 7.93. The van der Waals surface area contributed by atoms with E-state index in [0.717, 1.165) is 21.9 Å². The van der Waals surface area contributed by atoms with Crippen molar-refractivity contribution in [3.63, 3.8) is 0 Å². The van der Waals surface area contributed by atoms with Gasteiger partial charge in [-0.3, -0.25) is 4.72 Å². The van der Waals surface area contributed by atoms with Crippen LogP contribution in [0.1, 0.15) is 23.2 Å². The lowest BCUT2D eigenvalue weighted by Gasteiger charge is -2.25. The zero-order valence-corrected chi connectivity index (χ0v) is 22.2. The van der Waals surface area contributed by atoms with Gasteiger partial charge in [-0.2, -0.15) is 0 Å². The number of thiazole rings is 1. The molecule has 1 heterocycles. The summed E-state index contributed by atoms with van der Waals surface area (Å²) in [5, 5.41) is 7.44. The number of benzene rings is 4. The number of hydrogen-bond donors (Lipinski definition) is 3. The topological polar surface area (TPSA) is 117 Å². The third-order valence-electron chi connectivity index (χ3n) is 6.45. The van der Waals surface area contributed by atoms with Gasteiger partial charge >= 0.3 is 0 Å². The molecule has 0 fully saturated rings. The Morgan fingerprint density at radius 2 is 1.34 bits per heavy atom. The molecule has 0 saturated heterocycles. The second-order valence-electron chi connectivity index (χ2n) is 8.79. The molecule has 0 saturated carbocycles. The van der Waals surface area contributed by atoms with Crippen LogP contribution in [0.2, 0.25) is 0 Å². The predicted molar refractivity (Wildman–Crippen MR) is 149 cm³/mol. The van der Waals surface area contributed by atoms with E-state index in [4.69, 9.17) is 0 Å². The second kappa shape index (κ2) is 9.52. The molecule has 0 bridgehead atoms. The molecule has 4 aromatic carbocycles. The Kier molecular flexibility index (Phi) is 6.15. The fraction of sp³-hybridized carbons (Fsp3) is 0.0741. The number of nitrogens with zero attached hydrogens (tertiary/aromatic N) is 1. The molecule has 0 spiro atoms. The zero-order chi connectivity index (χ0) is 26.3. The van der Waals surface area contributed by atoms with Crippen molar-refractivity contribution in [2.45, 2.75) is 21.9 Å². The van der Waals surface area contributed by atoms with Gasteiger partial charge in [-0.15, -0.1) is 11.3 Å². The molecule has 1 aromatic heterocycles. The van der Waals surface area contributed by atoms with Crippen molar-refractivity contribution in [1.82, 2.24) is 9.71 Å². The van der Waals surface area contributed by atoms with Gasteiger partial charge in [0.25, 0.3) is 10.0 Å². The summed E-state index contributed by atoms with van der Waals surface area (Å²) in [5.74, 6) is 0. The van der Waals surface area contributed by atoms with E-state index in [1.807, 2.05) is 36.4 Å². The van der Waals surface area contributed by atoms with Gasteiger partial charge in [0.1, 0.15) is 0 Å². The molecular weight excluding hydrogens is 541 g/mol. The van der Waals surface area contributed by atoms with Crippen LogP contribution in [-0.4, -0.2) is 21.8 Å². The summed E-state index contributed by atoms with van der Waals surface area (Å²) < 4.78 is 57.5. The maximum Gasteiger partial charge on any atom is 0.263 e. The number of nitrogens with one attached hydrogen (secondary N) is 3. The Bertz CT molecular complexity index is 1820. The van der Waals surface area contributed by atoms with Gasteiger partial charge in [0.15, 0.2) is 5.13 Å². The van der Waals surface area contributed by atoms with Crippen LogP contribution in [0.5, 0.6) is 0 Å². The maximum atomic E-state index is 13.3. The number of sulfonamides is 2. The maximum absolute atomic E-state index is 13.3. The van der Waals surface area contributed by atoms with Crippen LogP contribution in [0, 0.1) is 0 Å². The van der Waals surface area contributed by atoms with Crippen molar-refractivity contribution >= 4 is 53.0 Å². The molecule has 2 unspecified atom stereocenters. The molecule has 1 aliphatic rings. The van der Waals surface area contributed by atoms with Gasteiger partial charge in [-0.05, 0) is 58.3 Å². The number of anilines is 2. The quantitative estimate of drug-likeness (QED) is 0.237. The molecule has 0 amide bonds. The zero-order valence-electron chi connectivity index (χ0n) is 19.8. The minimum atomic E-state index is -3.82. The van der Waals surface area contributed by atoms with Crippen molar-refractivity contribution in [3.05, 3.63) is 114 Å². The summed E-state index contributed by atoms with van der Waals surface area (Å²) in [6.45, 7) is 0. The molecule has 5 aromatic rings. The van der Waals surface area contributed by atoms with E-state index < -0.39 is 32.1 Å². The Balaban J connectivity index is 1.33. The Hall–Kier alpha value is -3.77. The van der Waals surface area contributed by atoms with Crippen molar-refractivity contribution in [2.75, 3.05) is 10.0 Å². The number of rotatable bonds is 8. The van der Waals surface area contributed by atoms with Gasteiger partial charge in [-0.25, -0.2) is 26.5 Å². The average Bonchev–Trinajstić information content (AvgIpc) is 3.53. The molecule has 8 nitrogen and oxygen atoms in total. The summed E-state index contributed by atoms with van der Waals surface area (Å²) in [6.07, 6.45) is 1.53. The lowest BCUT2D eigenvalue weighted by atomic mass is 10.0. The van der Waals surface area contributed by atoms with E-state index in [1.165, 1.54) is 29.7 Å². The molecule has 3 N–H and O–H groups in total. The van der Waals surface area contributed by atoms with Crippen molar-refractivity contribution in [2.24, 2.45) is 0 Å². The first kappa shape index (κ1) is 24.6. The molecule has 2 atom stereocenters. The smallest absolute Gasteiger partial charge is 0.263 e.